The molecule has 17 heteroatoms. The summed E-state index contributed by atoms with van der Waals surface area (Å²) in [5.41, 5.74) is -0.747. The molecule has 7 rings (SSSR count). The zero-order valence-electron chi connectivity index (χ0n) is 28.5. The largest absolute Gasteiger partial charge is 0.471 e. The molecule has 2 aliphatic carbocycles. The first-order chi connectivity index (χ1) is 25.0. The van der Waals surface area contributed by atoms with Crippen molar-refractivity contribution in [3.05, 3.63) is 59.9 Å². The molecule has 2 aliphatic heterocycles. The van der Waals surface area contributed by atoms with Crippen LogP contribution in [0, 0.1) is 11.7 Å². The van der Waals surface area contributed by atoms with Crippen molar-refractivity contribution >= 4 is 44.7 Å². The minimum atomic E-state index is -3.91. The van der Waals surface area contributed by atoms with Crippen LogP contribution in [0.2, 0.25) is 0 Å². The molecule has 15 nitrogen and oxygen atoms in total. The molecule has 3 N–H and O–H groups in total. The number of amides is 4. The number of halogens is 1. The van der Waals surface area contributed by atoms with Gasteiger partial charge < -0.3 is 24.8 Å². The smallest absolute Gasteiger partial charge is 0.274 e. The van der Waals surface area contributed by atoms with Crippen LogP contribution < -0.4 is 20.1 Å². The number of nitrogens with zero attached hydrogens (tertiary/aromatic N) is 4. The highest BCUT2D eigenvalue weighted by molar-refractivity contribution is 7.91. The molecule has 4 aliphatic rings. The highest BCUT2D eigenvalue weighted by atomic mass is 32.2. The third-order valence-corrected chi connectivity index (χ3v) is 11.9. The predicted octanol–water partition coefficient (Wildman–Crippen LogP) is 2.47. The molecule has 4 heterocycles. The van der Waals surface area contributed by atoms with Crippen LogP contribution in [0.4, 0.5) is 4.39 Å². The summed E-state index contributed by atoms with van der Waals surface area (Å²) in [7, 11) is -3.91. The van der Waals surface area contributed by atoms with Gasteiger partial charge in [-0.2, -0.15) is 0 Å². The van der Waals surface area contributed by atoms with Crippen LogP contribution in [0.25, 0.3) is 11.0 Å². The second-order valence-electron chi connectivity index (χ2n) is 13.8. The van der Waals surface area contributed by atoms with E-state index in [0.717, 1.165) is 12.8 Å². The molecular formula is C35H40FN7O8S. The Bertz CT molecular complexity index is 2020. The normalized spacial score (nSPS) is 27.4. The van der Waals surface area contributed by atoms with Crippen LogP contribution >= 0.6 is 0 Å². The van der Waals surface area contributed by atoms with Crippen LogP contribution in [0.1, 0.15) is 80.9 Å². The summed E-state index contributed by atoms with van der Waals surface area (Å²) in [6.07, 6.45) is 8.63. The van der Waals surface area contributed by atoms with Gasteiger partial charge in [0.25, 0.3) is 11.8 Å². The minimum Gasteiger partial charge on any atom is -0.471 e. The van der Waals surface area contributed by atoms with Crippen molar-refractivity contribution in [2.45, 2.75) is 100 Å². The van der Waals surface area contributed by atoms with Gasteiger partial charge in [0.15, 0.2) is 11.5 Å². The number of aryl methyl sites for hydroxylation is 1. The number of hydrogen-bond acceptors (Lipinski definition) is 11. The standard InChI is InChI=1S/C35H40FN7O8S/c1-2-24-32(39-29-23(36)10-8-12-25(29)37-24)51-21-17-28-31(45)40-35(34(47)42-52(48,49)22-13-14-22)18-20(35)9-6-4-3-5-7-11-27(33(46)43(28)19-21)38-30(44)26-15-16-50-41-26/h6,8-10,12,15-16,20-22,27-28H,2-5,7,11,13-14,17-19H2,1H3,(H,38,44)(H,40,45)(H,42,47)/b9-6-/t20-,21-,27+,28+,35-/m1/s1. The number of nitrogens with one attached hydrogen (secondary N) is 3. The number of para-hydroxylation sites is 1. The maximum atomic E-state index is 14.7. The van der Waals surface area contributed by atoms with Crippen LogP contribution in [0.15, 0.2) is 47.2 Å². The van der Waals surface area contributed by atoms with Crippen molar-refractivity contribution in [1.29, 1.82) is 0 Å². The summed E-state index contributed by atoms with van der Waals surface area (Å²) in [6.45, 7) is 1.74. The van der Waals surface area contributed by atoms with Gasteiger partial charge in [-0.3, -0.25) is 23.9 Å². The summed E-state index contributed by atoms with van der Waals surface area (Å²) in [6, 6.07) is 3.57. The van der Waals surface area contributed by atoms with Gasteiger partial charge in [0.05, 0.1) is 17.3 Å². The van der Waals surface area contributed by atoms with Gasteiger partial charge in [-0.05, 0) is 57.1 Å². The lowest BCUT2D eigenvalue weighted by Crippen LogP contribution is -2.58. The molecule has 0 unspecified atom stereocenters. The number of aromatic nitrogens is 3. The first-order valence-electron chi connectivity index (χ1n) is 17.7. The molecule has 1 aromatic carbocycles. The van der Waals surface area contributed by atoms with Crippen molar-refractivity contribution < 1.29 is 41.2 Å². The topological polar surface area (TPSA) is 203 Å². The molecule has 4 amide bonds. The summed E-state index contributed by atoms with van der Waals surface area (Å²) in [4.78, 5) is 65.7. The summed E-state index contributed by atoms with van der Waals surface area (Å²) in [5, 5.41) is 8.60. The highest BCUT2D eigenvalue weighted by Gasteiger charge is 2.62. The second-order valence-corrected chi connectivity index (χ2v) is 15.8. The number of sulfonamides is 1. The zero-order valence-corrected chi connectivity index (χ0v) is 29.4. The lowest BCUT2D eigenvalue weighted by Gasteiger charge is -2.29. The van der Waals surface area contributed by atoms with Crippen LogP contribution in [0.3, 0.4) is 0 Å². The van der Waals surface area contributed by atoms with E-state index >= 15 is 0 Å². The van der Waals surface area contributed by atoms with E-state index in [1.165, 1.54) is 29.4 Å². The molecular weight excluding hydrogens is 697 g/mol. The van der Waals surface area contributed by atoms with E-state index in [2.05, 4.69) is 30.5 Å². The fraction of sp³-hybridized carbons (Fsp3) is 0.514. The second kappa shape index (κ2) is 14.2. The fourth-order valence-electron chi connectivity index (χ4n) is 6.96. The molecule has 0 radical (unpaired) electrons. The molecule has 5 atom stereocenters. The first-order valence-corrected chi connectivity index (χ1v) is 19.2. The highest BCUT2D eigenvalue weighted by Crippen LogP contribution is 2.46. The van der Waals surface area contributed by atoms with E-state index < -0.39 is 74.4 Å². The minimum absolute atomic E-state index is 0.00827. The maximum absolute atomic E-state index is 14.7. The zero-order chi connectivity index (χ0) is 36.6. The lowest BCUT2D eigenvalue weighted by atomic mass is 10.0. The summed E-state index contributed by atoms with van der Waals surface area (Å²) < 4.78 is 53.6. The van der Waals surface area contributed by atoms with Gasteiger partial charge in [0.2, 0.25) is 27.7 Å². The van der Waals surface area contributed by atoms with Crippen molar-refractivity contribution in [3.8, 4) is 5.88 Å². The fourth-order valence-corrected chi connectivity index (χ4v) is 8.32. The van der Waals surface area contributed by atoms with Gasteiger partial charge in [0, 0.05) is 18.4 Å². The van der Waals surface area contributed by atoms with Crippen LogP contribution in [-0.2, 0) is 30.8 Å². The summed E-state index contributed by atoms with van der Waals surface area (Å²) in [5.74, 6) is -3.67. The summed E-state index contributed by atoms with van der Waals surface area (Å²) >= 11 is 0. The van der Waals surface area contributed by atoms with E-state index in [9.17, 15) is 32.0 Å². The van der Waals surface area contributed by atoms with Gasteiger partial charge in [0.1, 0.15) is 41.2 Å². The van der Waals surface area contributed by atoms with E-state index in [1.54, 1.807) is 6.07 Å². The molecule has 2 aromatic heterocycles. The van der Waals surface area contributed by atoms with Crippen LogP contribution in [-0.4, -0.2) is 87.6 Å². The lowest BCUT2D eigenvalue weighted by molar-refractivity contribution is -0.141. The van der Waals surface area contributed by atoms with Gasteiger partial charge in [-0.15, -0.1) is 0 Å². The van der Waals surface area contributed by atoms with Gasteiger partial charge >= 0.3 is 0 Å². The van der Waals surface area contributed by atoms with Crippen LogP contribution in [0.5, 0.6) is 5.88 Å². The SMILES string of the molecule is CCc1nc2cccc(F)c2nc1O[C@@H]1C[C@H]2C(=O)N[C@]3(C(=O)NS(=O)(=O)C4CC4)C[C@H]3/C=C\CCCCC[C@H](NC(=O)c3ccon3)C(=O)N2C1. The van der Waals surface area contributed by atoms with E-state index in [1.807, 2.05) is 19.1 Å². The molecule has 0 spiro atoms. The van der Waals surface area contributed by atoms with Crippen molar-refractivity contribution in [2.75, 3.05) is 6.54 Å². The quantitative estimate of drug-likeness (QED) is 0.287. The average molecular weight is 738 g/mol. The number of carbonyl (C=O) groups excluding carboxylic acids is 4. The molecule has 3 fully saturated rings. The number of hydrogen-bond donors (Lipinski definition) is 3. The van der Waals surface area contributed by atoms with Crippen molar-refractivity contribution in [2.24, 2.45) is 5.92 Å². The number of carbonyl (C=O) groups is 4. The number of fused-ring (bicyclic) bond motifs is 3. The van der Waals surface area contributed by atoms with Gasteiger partial charge in [-0.1, -0.05) is 43.1 Å². The Hall–Kier alpha value is -4.93. The van der Waals surface area contributed by atoms with E-state index in [0.29, 0.717) is 43.3 Å². The van der Waals surface area contributed by atoms with Crippen molar-refractivity contribution in [1.82, 2.24) is 35.4 Å². The Balaban J connectivity index is 1.20. The average Bonchev–Trinajstić information content (AvgIpc) is 3.98. The number of benzene rings is 1. The Kier molecular flexibility index (Phi) is 9.71. The third kappa shape index (κ3) is 7.22. The molecule has 52 heavy (non-hydrogen) atoms. The maximum Gasteiger partial charge on any atom is 0.274 e. The Morgan fingerprint density at radius 1 is 1.13 bits per heavy atom. The van der Waals surface area contributed by atoms with Gasteiger partial charge in [-0.25, -0.2) is 22.8 Å². The van der Waals surface area contributed by atoms with Crippen molar-refractivity contribution in [3.63, 3.8) is 0 Å². The number of ether oxygens (including phenoxy) is 1. The molecule has 1 saturated heterocycles. The van der Waals surface area contributed by atoms with E-state index in [4.69, 9.17) is 9.26 Å². The Morgan fingerprint density at radius 2 is 1.96 bits per heavy atom. The number of rotatable bonds is 8. The van der Waals surface area contributed by atoms with E-state index in [-0.39, 0.29) is 42.9 Å². The Labute approximate surface area is 299 Å². The molecule has 3 aromatic rings. The Morgan fingerprint density at radius 3 is 2.71 bits per heavy atom. The molecule has 2 saturated carbocycles. The third-order valence-electron chi connectivity index (χ3n) is 10.1. The molecule has 0 bridgehead atoms. The first kappa shape index (κ1) is 35.5. The monoisotopic (exact) mass is 737 g/mol. The predicted molar refractivity (Wildman–Crippen MR) is 182 cm³/mol. The molecule has 276 valence electrons. The number of allylic oxidation sites excluding steroid dienone is 1.